The molecule has 0 aliphatic rings. The van der Waals surface area contributed by atoms with Gasteiger partial charge < -0.3 is 5.11 Å². The zero-order valence-electron chi connectivity index (χ0n) is 8.56. The van der Waals surface area contributed by atoms with Gasteiger partial charge in [0.25, 0.3) is 0 Å². The number of hydrogen-bond donors (Lipinski definition) is 2. The number of pyridine rings is 1. The molecule has 0 aromatic carbocycles. The third-order valence-electron chi connectivity index (χ3n) is 1.89. The average Bonchev–Trinajstić information content (AvgIpc) is 2.25. The van der Waals surface area contributed by atoms with Gasteiger partial charge in [-0.25, -0.2) is 18.1 Å². The second-order valence-electron chi connectivity index (χ2n) is 3.15. The molecule has 0 saturated heterocycles. The molecule has 90 valence electrons. The highest BCUT2D eigenvalue weighted by Gasteiger charge is 2.13. The zero-order chi connectivity index (χ0) is 12.0. The number of sulfonamides is 1. The van der Waals surface area contributed by atoms with E-state index in [1.807, 2.05) is 0 Å². The molecule has 0 aliphatic heterocycles. The van der Waals surface area contributed by atoms with Crippen LogP contribution in [-0.2, 0) is 10.0 Å². The molecule has 0 spiro atoms. The number of aliphatic hydroxyl groups is 1. The molecule has 0 atom stereocenters. The van der Waals surface area contributed by atoms with Crippen LogP contribution >= 0.6 is 11.6 Å². The van der Waals surface area contributed by atoms with Crippen molar-refractivity contribution in [3.63, 3.8) is 0 Å². The lowest BCUT2D eigenvalue weighted by atomic mass is 10.3. The van der Waals surface area contributed by atoms with Crippen LogP contribution in [0, 0.1) is 0 Å². The fourth-order valence-electron chi connectivity index (χ4n) is 1.05. The van der Waals surface area contributed by atoms with Gasteiger partial charge in [-0.2, -0.15) is 0 Å². The summed E-state index contributed by atoms with van der Waals surface area (Å²) in [6.45, 7) is 0.357. The molecule has 1 heterocycles. The van der Waals surface area contributed by atoms with Gasteiger partial charge >= 0.3 is 0 Å². The van der Waals surface area contributed by atoms with Gasteiger partial charge in [0.2, 0.25) is 10.0 Å². The molecule has 0 bridgehead atoms. The van der Waals surface area contributed by atoms with E-state index in [0.29, 0.717) is 19.4 Å². The summed E-state index contributed by atoms with van der Waals surface area (Å²) in [6, 6.07) is 2.81. The molecule has 7 heteroatoms. The molecule has 0 saturated carbocycles. The van der Waals surface area contributed by atoms with E-state index in [1.54, 1.807) is 0 Å². The number of nitrogens with zero attached hydrogens (tertiary/aromatic N) is 1. The van der Waals surface area contributed by atoms with E-state index in [4.69, 9.17) is 16.7 Å². The number of aromatic nitrogens is 1. The standard InChI is InChI=1S/C9H13ClN2O3S/c10-9-4-3-8(7-11-9)16(14,15)12-5-1-2-6-13/h3-4,7,12-13H,1-2,5-6H2. The SMILES string of the molecule is O=S(=O)(NCCCCO)c1ccc(Cl)nc1. The highest BCUT2D eigenvalue weighted by molar-refractivity contribution is 7.89. The average molecular weight is 265 g/mol. The van der Waals surface area contributed by atoms with Crippen molar-refractivity contribution in [3.8, 4) is 0 Å². The van der Waals surface area contributed by atoms with Gasteiger partial charge in [-0.3, -0.25) is 0 Å². The van der Waals surface area contributed by atoms with Crippen molar-refractivity contribution in [2.45, 2.75) is 17.7 Å². The minimum absolute atomic E-state index is 0.0598. The Morgan fingerprint density at radius 1 is 1.38 bits per heavy atom. The molecule has 0 fully saturated rings. The lowest BCUT2D eigenvalue weighted by molar-refractivity contribution is 0.285. The van der Waals surface area contributed by atoms with Crippen LogP contribution in [0.4, 0.5) is 0 Å². The first-order valence-electron chi connectivity index (χ1n) is 4.78. The van der Waals surface area contributed by atoms with E-state index in [9.17, 15) is 8.42 Å². The number of unbranched alkanes of at least 4 members (excludes halogenated alkanes) is 1. The molecule has 16 heavy (non-hydrogen) atoms. The van der Waals surface area contributed by atoms with Crippen LogP contribution in [-0.4, -0.2) is 31.7 Å². The van der Waals surface area contributed by atoms with E-state index in [0.717, 1.165) is 0 Å². The molecule has 0 amide bonds. The summed E-state index contributed by atoms with van der Waals surface area (Å²) in [7, 11) is -3.51. The van der Waals surface area contributed by atoms with Crippen LogP contribution in [0.25, 0.3) is 0 Å². The van der Waals surface area contributed by atoms with Gasteiger partial charge in [0.1, 0.15) is 10.0 Å². The summed E-state index contributed by atoms with van der Waals surface area (Å²) in [4.78, 5) is 3.78. The van der Waals surface area contributed by atoms with Crippen LogP contribution in [0.3, 0.4) is 0 Å². The van der Waals surface area contributed by atoms with Gasteiger partial charge in [0.15, 0.2) is 0 Å². The zero-order valence-corrected chi connectivity index (χ0v) is 10.1. The van der Waals surface area contributed by atoms with Crippen molar-refractivity contribution in [2.75, 3.05) is 13.2 Å². The second-order valence-corrected chi connectivity index (χ2v) is 5.30. The Morgan fingerprint density at radius 2 is 2.12 bits per heavy atom. The van der Waals surface area contributed by atoms with Gasteiger partial charge in [-0.05, 0) is 25.0 Å². The smallest absolute Gasteiger partial charge is 0.242 e. The van der Waals surface area contributed by atoms with Gasteiger partial charge in [0, 0.05) is 19.3 Å². The van der Waals surface area contributed by atoms with Crippen molar-refractivity contribution in [1.82, 2.24) is 9.71 Å². The van der Waals surface area contributed by atoms with Crippen molar-refractivity contribution in [2.24, 2.45) is 0 Å². The first kappa shape index (κ1) is 13.4. The molecule has 2 N–H and O–H groups in total. The molecular weight excluding hydrogens is 252 g/mol. The molecule has 1 aromatic heterocycles. The predicted octanol–water partition coefficient (Wildman–Crippen LogP) is 0.786. The van der Waals surface area contributed by atoms with Crippen LogP contribution in [0.1, 0.15) is 12.8 Å². The molecule has 0 radical (unpaired) electrons. The lowest BCUT2D eigenvalue weighted by Crippen LogP contribution is -2.25. The third-order valence-corrected chi connectivity index (χ3v) is 3.56. The molecular formula is C9H13ClN2O3S. The lowest BCUT2D eigenvalue weighted by Gasteiger charge is -2.05. The number of nitrogens with one attached hydrogen (secondary N) is 1. The number of rotatable bonds is 6. The molecule has 1 aromatic rings. The Labute approximate surface area is 99.5 Å². The van der Waals surface area contributed by atoms with E-state index in [-0.39, 0.29) is 16.7 Å². The molecule has 0 aliphatic carbocycles. The monoisotopic (exact) mass is 264 g/mol. The predicted molar refractivity (Wildman–Crippen MR) is 60.8 cm³/mol. The van der Waals surface area contributed by atoms with Crippen molar-refractivity contribution in [1.29, 1.82) is 0 Å². The van der Waals surface area contributed by atoms with Crippen LogP contribution < -0.4 is 4.72 Å². The van der Waals surface area contributed by atoms with Crippen molar-refractivity contribution >= 4 is 21.6 Å². The van der Waals surface area contributed by atoms with Crippen LogP contribution in [0.15, 0.2) is 23.2 Å². The Kier molecular flexibility index (Phi) is 5.14. The first-order valence-corrected chi connectivity index (χ1v) is 6.64. The Bertz CT molecular complexity index is 419. The van der Waals surface area contributed by atoms with Crippen molar-refractivity contribution < 1.29 is 13.5 Å². The highest BCUT2D eigenvalue weighted by Crippen LogP contribution is 2.10. The minimum atomic E-state index is -3.51. The Hall–Kier alpha value is -0.690. The third kappa shape index (κ3) is 4.05. The van der Waals surface area contributed by atoms with Gasteiger partial charge in [-0.1, -0.05) is 11.6 Å². The van der Waals surface area contributed by atoms with Crippen LogP contribution in [0.5, 0.6) is 0 Å². The van der Waals surface area contributed by atoms with Crippen LogP contribution in [0.2, 0.25) is 5.15 Å². The maximum atomic E-state index is 11.6. The fourth-order valence-corrected chi connectivity index (χ4v) is 2.18. The maximum Gasteiger partial charge on any atom is 0.242 e. The summed E-state index contributed by atoms with van der Waals surface area (Å²) >= 11 is 5.55. The number of aliphatic hydroxyl groups excluding tert-OH is 1. The van der Waals surface area contributed by atoms with E-state index < -0.39 is 10.0 Å². The summed E-state index contributed by atoms with van der Waals surface area (Å²) in [5.74, 6) is 0. The Balaban J connectivity index is 2.60. The van der Waals surface area contributed by atoms with Crippen molar-refractivity contribution in [3.05, 3.63) is 23.5 Å². The summed E-state index contributed by atoms with van der Waals surface area (Å²) in [5.41, 5.74) is 0. The first-order chi connectivity index (χ1) is 7.56. The van der Waals surface area contributed by atoms with E-state index in [1.165, 1.54) is 18.3 Å². The minimum Gasteiger partial charge on any atom is -0.396 e. The van der Waals surface area contributed by atoms with Gasteiger partial charge in [-0.15, -0.1) is 0 Å². The molecule has 1 rings (SSSR count). The number of halogens is 1. The molecule has 5 nitrogen and oxygen atoms in total. The second kappa shape index (κ2) is 6.15. The fraction of sp³-hybridized carbons (Fsp3) is 0.444. The summed E-state index contributed by atoms with van der Waals surface area (Å²) < 4.78 is 25.7. The normalized spacial score (nSPS) is 11.6. The van der Waals surface area contributed by atoms with Gasteiger partial charge in [0.05, 0.1) is 0 Å². The van der Waals surface area contributed by atoms with E-state index in [2.05, 4.69) is 9.71 Å². The summed E-state index contributed by atoms with van der Waals surface area (Å²) in [6.07, 6.45) is 2.37. The Morgan fingerprint density at radius 3 is 2.69 bits per heavy atom. The largest absolute Gasteiger partial charge is 0.396 e. The summed E-state index contributed by atoms with van der Waals surface area (Å²) in [5, 5.41) is 8.79. The topological polar surface area (TPSA) is 79.3 Å². The van der Waals surface area contributed by atoms with E-state index >= 15 is 0 Å². The molecule has 0 unspecified atom stereocenters. The number of hydrogen-bond acceptors (Lipinski definition) is 4. The quantitative estimate of drug-likeness (QED) is 0.588. The highest BCUT2D eigenvalue weighted by atomic mass is 35.5. The maximum absolute atomic E-state index is 11.6.